The second kappa shape index (κ2) is 11.4. The molecule has 0 radical (unpaired) electrons. The number of fused-ring (bicyclic) bond motifs is 1. The number of nitrogens with zero attached hydrogens (tertiary/aromatic N) is 3. The number of imidazole rings is 1. The Morgan fingerprint density at radius 1 is 0.857 bits per heavy atom. The topological polar surface area (TPSA) is 49.1 Å². The van der Waals surface area contributed by atoms with Gasteiger partial charge in [-0.3, -0.25) is 4.79 Å². The first-order valence-corrected chi connectivity index (χ1v) is 14.4. The van der Waals surface area contributed by atoms with E-state index in [4.69, 9.17) is 16.3 Å². The molecule has 5 nitrogen and oxygen atoms in total. The molecule has 210 valence electrons. The summed E-state index contributed by atoms with van der Waals surface area (Å²) in [6, 6.07) is 34.6. The Morgan fingerprint density at radius 2 is 1.60 bits per heavy atom. The fourth-order valence-corrected chi connectivity index (χ4v) is 6.08. The third-order valence-electron chi connectivity index (χ3n) is 8.11. The van der Waals surface area contributed by atoms with Crippen LogP contribution >= 0.6 is 11.6 Å². The van der Waals surface area contributed by atoms with E-state index in [2.05, 4.69) is 71.1 Å². The van der Waals surface area contributed by atoms with Crippen LogP contribution in [0.15, 0.2) is 120 Å². The zero-order valence-electron chi connectivity index (χ0n) is 23.9. The molecule has 0 saturated heterocycles. The van der Waals surface area contributed by atoms with Crippen LogP contribution in [0.1, 0.15) is 34.9 Å². The minimum atomic E-state index is -0.966. The number of ether oxygens (including phenoxy) is 1. The van der Waals surface area contributed by atoms with Crippen molar-refractivity contribution >= 4 is 22.5 Å². The summed E-state index contributed by atoms with van der Waals surface area (Å²) < 4.78 is 10.3. The summed E-state index contributed by atoms with van der Waals surface area (Å²) in [6.45, 7) is 2.82. The third kappa shape index (κ3) is 4.85. The molecule has 1 unspecified atom stereocenters. The minimum Gasteiger partial charge on any atom is -0.362 e. The lowest BCUT2D eigenvalue weighted by molar-refractivity contribution is 0.0518. The van der Waals surface area contributed by atoms with Gasteiger partial charge < -0.3 is 13.9 Å². The summed E-state index contributed by atoms with van der Waals surface area (Å²) in [5.74, 6) is 0. The van der Waals surface area contributed by atoms with Gasteiger partial charge in [-0.15, -0.1) is 0 Å². The first kappa shape index (κ1) is 27.7. The Labute approximate surface area is 250 Å². The second-order valence-electron chi connectivity index (χ2n) is 10.5. The number of benzene rings is 4. The van der Waals surface area contributed by atoms with Gasteiger partial charge in [-0.1, -0.05) is 84.4 Å². The van der Waals surface area contributed by atoms with Crippen molar-refractivity contribution in [3.05, 3.63) is 159 Å². The Hall–Kier alpha value is -4.45. The molecule has 6 rings (SSSR count). The van der Waals surface area contributed by atoms with Gasteiger partial charge in [-0.25, -0.2) is 4.98 Å². The van der Waals surface area contributed by atoms with E-state index in [1.54, 1.807) is 17.7 Å². The normalized spacial score (nSPS) is 12.9. The van der Waals surface area contributed by atoms with Gasteiger partial charge in [0.2, 0.25) is 0 Å². The van der Waals surface area contributed by atoms with E-state index in [1.165, 1.54) is 11.1 Å². The summed E-state index contributed by atoms with van der Waals surface area (Å²) >= 11 is 6.31. The third-order valence-corrected chi connectivity index (χ3v) is 8.36. The molecule has 0 N–H and O–H groups in total. The molecule has 0 saturated carbocycles. The van der Waals surface area contributed by atoms with Crippen LogP contribution in [0.3, 0.4) is 0 Å². The maximum Gasteiger partial charge on any atom is 0.251 e. The molecule has 0 aliphatic rings. The van der Waals surface area contributed by atoms with Crippen LogP contribution < -0.4 is 5.56 Å². The van der Waals surface area contributed by atoms with Gasteiger partial charge in [0, 0.05) is 37.2 Å². The maximum absolute atomic E-state index is 13.2. The Bertz CT molecular complexity index is 1930. The fraction of sp³-hybridized carbons (Fsp3) is 0.167. The van der Waals surface area contributed by atoms with Gasteiger partial charge >= 0.3 is 0 Å². The van der Waals surface area contributed by atoms with Crippen molar-refractivity contribution in [2.45, 2.75) is 25.5 Å². The van der Waals surface area contributed by atoms with E-state index in [-0.39, 0.29) is 5.56 Å². The van der Waals surface area contributed by atoms with Gasteiger partial charge in [-0.05, 0) is 71.0 Å². The highest BCUT2D eigenvalue weighted by atomic mass is 35.5. The van der Waals surface area contributed by atoms with Crippen molar-refractivity contribution in [2.75, 3.05) is 7.11 Å². The summed E-state index contributed by atoms with van der Waals surface area (Å²) in [5.41, 5.74) is 6.89. The molecule has 42 heavy (non-hydrogen) atoms. The summed E-state index contributed by atoms with van der Waals surface area (Å²) in [6.07, 6.45) is 4.50. The molecule has 2 heterocycles. The highest BCUT2D eigenvalue weighted by molar-refractivity contribution is 6.30. The lowest BCUT2D eigenvalue weighted by Crippen LogP contribution is -2.34. The van der Waals surface area contributed by atoms with Crippen molar-refractivity contribution in [3.63, 3.8) is 0 Å². The number of hydrogen-bond donors (Lipinski definition) is 0. The molecule has 4 aromatic carbocycles. The Morgan fingerprint density at radius 3 is 2.33 bits per heavy atom. The number of methoxy groups -OCH3 is 1. The Kier molecular flexibility index (Phi) is 7.55. The quantitative estimate of drug-likeness (QED) is 0.188. The number of aryl methyl sites for hydroxylation is 2. The number of rotatable bonds is 8. The molecule has 0 aliphatic carbocycles. The van der Waals surface area contributed by atoms with E-state index in [0.717, 1.165) is 51.8 Å². The monoisotopic (exact) mass is 573 g/mol. The maximum atomic E-state index is 13.2. The van der Waals surface area contributed by atoms with Gasteiger partial charge in [-0.2, -0.15) is 0 Å². The van der Waals surface area contributed by atoms with Crippen LogP contribution in [0.5, 0.6) is 0 Å². The fourth-order valence-electron chi connectivity index (χ4n) is 5.95. The predicted molar refractivity (Wildman–Crippen MR) is 170 cm³/mol. The molecule has 0 spiro atoms. The van der Waals surface area contributed by atoms with Crippen LogP contribution in [-0.4, -0.2) is 21.2 Å². The largest absolute Gasteiger partial charge is 0.362 e. The van der Waals surface area contributed by atoms with E-state index in [9.17, 15) is 4.79 Å². The molecule has 0 fully saturated rings. The van der Waals surface area contributed by atoms with Gasteiger partial charge in [0.15, 0.2) is 5.60 Å². The minimum absolute atomic E-state index is 0.0570. The summed E-state index contributed by atoms with van der Waals surface area (Å²) in [4.78, 5) is 17.7. The van der Waals surface area contributed by atoms with Crippen LogP contribution in [0.4, 0.5) is 0 Å². The molecule has 1 atom stereocenters. The smallest absolute Gasteiger partial charge is 0.251 e. The van der Waals surface area contributed by atoms with Crippen molar-refractivity contribution in [1.29, 1.82) is 0 Å². The Balaban J connectivity index is 1.59. The molecule has 0 bridgehead atoms. The zero-order valence-corrected chi connectivity index (χ0v) is 24.7. The van der Waals surface area contributed by atoms with E-state index >= 15 is 0 Å². The average Bonchev–Trinajstić information content (AvgIpc) is 3.50. The molecule has 2 aromatic heterocycles. The van der Waals surface area contributed by atoms with Crippen molar-refractivity contribution < 1.29 is 4.74 Å². The van der Waals surface area contributed by atoms with Gasteiger partial charge in [0.1, 0.15) is 0 Å². The SMILES string of the molecule is CCn1cncc1C(OC)(c1ccc(Cl)cc1)c1ccc2c(c1)c(-c1cccc(Cc3ccccc3)c1)cc(=O)n2C. The van der Waals surface area contributed by atoms with Crippen LogP contribution in [-0.2, 0) is 30.4 Å². The number of aromatic nitrogens is 3. The second-order valence-corrected chi connectivity index (χ2v) is 10.9. The summed E-state index contributed by atoms with van der Waals surface area (Å²) in [5, 5.41) is 1.61. The highest BCUT2D eigenvalue weighted by Crippen LogP contribution is 2.42. The van der Waals surface area contributed by atoms with Gasteiger partial charge in [0.25, 0.3) is 5.56 Å². The van der Waals surface area contributed by atoms with Crippen molar-refractivity contribution in [2.24, 2.45) is 7.05 Å². The molecule has 0 amide bonds. The van der Waals surface area contributed by atoms with Crippen LogP contribution in [0.25, 0.3) is 22.0 Å². The standard InChI is InChI=1S/C36H32ClN3O2/c1-4-40-24-38-23-34(40)36(42-3,28-13-16-30(37)17-14-28)29-15-18-33-32(21-29)31(22-35(41)39(33)2)27-12-8-11-26(20-27)19-25-9-6-5-7-10-25/h5-18,20-24H,4,19H2,1-3H3. The first-order chi connectivity index (χ1) is 20.4. The molecule has 0 aliphatic heterocycles. The zero-order chi connectivity index (χ0) is 29.3. The highest BCUT2D eigenvalue weighted by Gasteiger charge is 2.39. The van der Waals surface area contributed by atoms with Crippen molar-refractivity contribution in [3.8, 4) is 11.1 Å². The average molecular weight is 574 g/mol. The molecule has 6 heteroatoms. The molecule has 6 aromatic rings. The van der Waals surface area contributed by atoms with E-state index in [1.807, 2.05) is 62.0 Å². The predicted octanol–water partition coefficient (Wildman–Crippen LogP) is 7.60. The lowest BCUT2D eigenvalue weighted by Gasteiger charge is -2.34. The van der Waals surface area contributed by atoms with Crippen LogP contribution in [0, 0.1) is 0 Å². The van der Waals surface area contributed by atoms with E-state index < -0.39 is 5.60 Å². The number of hydrogen-bond acceptors (Lipinski definition) is 3. The molecular weight excluding hydrogens is 542 g/mol. The van der Waals surface area contributed by atoms with Gasteiger partial charge in [0.05, 0.1) is 23.7 Å². The van der Waals surface area contributed by atoms with Crippen LogP contribution in [0.2, 0.25) is 5.02 Å². The first-order valence-electron chi connectivity index (χ1n) is 14.0. The number of halogens is 1. The van der Waals surface area contributed by atoms with E-state index in [0.29, 0.717) is 5.02 Å². The number of pyridine rings is 1. The summed E-state index contributed by atoms with van der Waals surface area (Å²) in [7, 11) is 3.54. The lowest BCUT2D eigenvalue weighted by atomic mass is 9.82. The van der Waals surface area contributed by atoms with Crippen molar-refractivity contribution in [1.82, 2.24) is 14.1 Å². The molecular formula is C36H32ClN3O2.